The highest BCUT2D eigenvalue weighted by Gasteiger charge is 2.47. The van der Waals surface area contributed by atoms with Crippen LogP contribution in [0.25, 0.3) is 0 Å². The van der Waals surface area contributed by atoms with Crippen LogP contribution in [-0.4, -0.2) is 28.1 Å². The molecule has 1 heterocycles. The molecular weight excluding hydrogens is 392 g/mol. The van der Waals surface area contributed by atoms with Gasteiger partial charge < -0.3 is 9.73 Å². The van der Waals surface area contributed by atoms with Gasteiger partial charge in [0.05, 0.1) is 12.2 Å². The van der Waals surface area contributed by atoms with Crippen LogP contribution in [0.5, 0.6) is 0 Å². The summed E-state index contributed by atoms with van der Waals surface area (Å²) in [7, 11) is 0. The van der Waals surface area contributed by atoms with Gasteiger partial charge in [-0.05, 0) is 25.0 Å². The molecule has 3 atom stereocenters. The van der Waals surface area contributed by atoms with Gasteiger partial charge in [0.15, 0.2) is 5.76 Å². The van der Waals surface area contributed by atoms with Gasteiger partial charge in [0, 0.05) is 6.04 Å². The number of furan rings is 1. The van der Waals surface area contributed by atoms with Gasteiger partial charge in [-0.1, -0.05) is 47.6 Å². The maximum Gasteiger partial charge on any atom is 0.393 e. The number of rotatable bonds is 4. The Kier molecular flexibility index (Phi) is 6.34. The third-order valence-corrected chi connectivity index (χ3v) is 4.57. The van der Waals surface area contributed by atoms with Crippen molar-refractivity contribution in [2.75, 3.05) is 0 Å². The first kappa shape index (κ1) is 19.7. The molecule has 3 unspecified atom stereocenters. The molecule has 136 valence electrons. The molecule has 4 nitrogen and oxygen atoms in total. The van der Waals surface area contributed by atoms with Crippen molar-refractivity contribution in [2.45, 2.75) is 47.9 Å². The van der Waals surface area contributed by atoms with Crippen molar-refractivity contribution >= 4 is 40.7 Å². The number of halogens is 6. The highest BCUT2D eigenvalue weighted by molar-refractivity contribution is 6.68. The zero-order valence-corrected chi connectivity index (χ0v) is 14.6. The normalized spacial score (nSPS) is 23.8. The third-order valence-electron chi connectivity index (χ3n) is 3.91. The standard InChI is InChI=1S/C14H16Cl3F3N2O2/c15-13(16,17)12(22-11(23)10-6-3-7-24-10)21-9-5-2-1-4-8(9)14(18,19)20/h3,6-9,12,21H,1-2,4-5H2,(H,22,23). The molecule has 0 aliphatic heterocycles. The Morgan fingerprint density at radius 2 is 1.92 bits per heavy atom. The highest BCUT2D eigenvalue weighted by Crippen LogP contribution is 2.39. The summed E-state index contributed by atoms with van der Waals surface area (Å²) >= 11 is 17.5. The predicted octanol–water partition coefficient (Wildman–Crippen LogP) is 4.42. The maximum atomic E-state index is 13.2. The first-order valence-corrected chi connectivity index (χ1v) is 8.46. The maximum absolute atomic E-state index is 13.2. The van der Waals surface area contributed by atoms with Crippen molar-refractivity contribution in [3.8, 4) is 0 Å². The molecule has 0 saturated heterocycles. The molecule has 1 fully saturated rings. The van der Waals surface area contributed by atoms with E-state index in [1.807, 2.05) is 0 Å². The van der Waals surface area contributed by atoms with Crippen LogP contribution in [0.4, 0.5) is 13.2 Å². The molecule has 2 rings (SSSR count). The second-order valence-corrected chi connectivity index (χ2v) is 8.00. The van der Waals surface area contributed by atoms with E-state index < -0.39 is 34.0 Å². The van der Waals surface area contributed by atoms with Crippen LogP contribution >= 0.6 is 34.8 Å². The minimum absolute atomic E-state index is 0.000125. The number of amides is 1. The zero-order valence-electron chi connectivity index (χ0n) is 12.4. The van der Waals surface area contributed by atoms with Crippen LogP contribution in [0.1, 0.15) is 36.2 Å². The predicted molar refractivity (Wildman–Crippen MR) is 85.2 cm³/mol. The Bertz CT molecular complexity index is 546. The first-order chi connectivity index (χ1) is 11.1. The Morgan fingerprint density at radius 1 is 1.25 bits per heavy atom. The van der Waals surface area contributed by atoms with Crippen LogP contribution < -0.4 is 10.6 Å². The lowest BCUT2D eigenvalue weighted by molar-refractivity contribution is -0.189. The zero-order chi connectivity index (χ0) is 18.0. The van der Waals surface area contributed by atoms with Crippen LogP contribution in [0.2, 0.25) is 0 Å². The van der Waals surface area contributed by atoms with Gasteiger partial charge in [-0.3, -0.25) is 10.1 Å². The monoisotopic (exact) mass is 406 g/mol. The SMILES string of the molecule is O=C(NC(NC1CCCCC1C(F)(F)F)C(Cl)(Cl)Cl)c1ccco1. The fourth-order valence-corrected chi connectivity index (χ4v) is 3.12. The Hall–Kier alpha value is -0.630. The van der Waals surface area contributed by atoms with Crippen molar-refractivity contribution in [2.24, 2.45) is 5.92 Å². The molecule has 0 spiro atoms. The molecule has 1 aliphatic carbocycles. The van der Waals surface area contributed by atoms with E-state index in [9.17, 15) is 18.0 Å². The molecule has 1 aromatic heterocycles. The average molecular weight is 408 g/mol. The van der Waals surface area contributed by atoms with E-state index in [4.69, 9.17) is 39.2 Å². The number of carbonyl (C=O) groups excluding carboxylic acids is 1. The van der Waals surface area contributed by atoms with Crippen molar-refractivity contribution in [1.82, 2.24) is 10.6 Å². The second-order valence-electron chi connectivity index (χ2n) is 5.63. The summed E-state index contributed by atoms with van der Waals surface area (Å²) in [5, 5.41) is 5.03. The quantitative estimate of drug-likeness (QED) is 0.574. The summed E-state index contributed by atoms with van der Waals surface area (Å²) in [5.41, 5.74) is 0. The molecule has 1 aromatic rings. The van der Waals surface area contributed by atoms with Crippen molar-refractivity contribution < 1.29 is 22.4 Å². The fraction of sp³-hybridized carbons (Fsp3) is 0.643. The van der Waals surface area contributed by atoms with Gasteiger partial charge in [-0.2, -0.15) is 13.2 Å². The molecule has 1 aliphatic rings. The van der Waals surface area contributed by atoms with Crippen molar-refractivity contribution in [1.29, 1.82) is 0 Å². The van der Waals surface area contributed by atoms with E-state index in [2.05, 4.69) is 10.6 Å². The third kappa shape index (κ3) is 5.18. The molecule has 10 heteroatoms. The molecule has 2 N–H and O–H groups in total. The van der Waals surface area contributed by atoms with E-state index in [0.29, 0.717) is 12.8 Å². The summed E-state index contributed by atoms with van der Waals surface area (Å²) in [4.78, 5) is 12.0. The highest BCUT2D eigenvalue weighted by atomic mass is 35.6. The summed E-state index contributed by atoms with van der Waals surface area (Å²) in [6.07, 6.45) is -2.98. The Morgan fingerprint density at radius 3 is 2.46 bits per heavy atom. The smallest absolute Gasteiger partial charge is 0.393 e. The van der Waals surface area contributed by atoms with Gasteiger partial charge in [0.25, 0.3) is 5.91 Å². The molecule has 1 amide bonds. The van der Waals surface area contributed by atoms with Gasteiger partial charge in [0.1, 0.15) is 6.17 Å². The lowest BCUT2D eigenvalue weighted by atomic mass is 9.84. The molecule has 0 aromatic carbocycles. The Balaban J connectivity index is 2.12. The van der Waals surface area contributed by atoms with Crippen LogP contribution in [-0.2, 0) is 0 Å². The minimum Gasteiger partial charge on any atom is -0.459 e. The molecule has 24 heavy (non-hydrogen) atoms. The van der Waals surface area contributed by atoms with Gasteiger partial charge in [-0.15, -0.1) is 0 Å². The topological polar surface area (TPSA) is 54.3 Å². The van der Waals surface area contributed by atoms with Gasteiger partial charge in [0.2, 0.25) is 3.79 Å². The van der Waals surface area contributed by atoms with Gasteiger partial charge >= 0.3 is 6.18 Å². The van der Waals surface area contributed by atoms with Crippen molar-refractivity contribution in [3.63, 3.8) is 0 Å². The summed E-state index contributed by atoms with van der Waals surface area (Å²) in [6.45, 7) is 0. The van der Waals surface area contributed by atoms with E-state index in [0.717, 1.165) is 0 Å². The minimum atomic E-state index is -4.36. The first-order valence-electron chi connectivity index (χ1n) is 7.33. The van der Waals surface area contributed by atoms with Crippen LogP contribution in [0, 0.1) is 5.92 Å². The van der Waals surface area contributed by atoms with E-state index in [1.165, 1.54) is 18.4 Å². The second kappa shape index (κ2) is 7.72. The van der Waals surface area contributed by atoms with E-state index >= 15 is 0 Å². The molecule has 0 bridgehead atoms. The number of carbonyl (C=O) groups is 1. The molecule has 1 saturated carbocycles. The molecule has 0 radical (unpaired) electrons. The fourth-order valence-electron chi connectivity index (χ4n) is 2.76. The van der Waals surface area contributed by atoms with Crippen LogP contribution in [0.3, 0.4) is 0 Å². The number of alkyl halides is 6. The van der Waals surface area contributed by atoms with Crippen LogP contribution in [0.15, 0.2) is 22.8 Å². The van der Waals surface area contributed by atoms with E-state index in [1.54, 1.807) is 0 Å². The largest absolute Gasteiger partial charge is 0.459 e. The van der Waals surface area contributed by atoms with Gasteiger partial charge in [-0.25, -0.2) is 0 Å². The average Bonchev–Trinajstić information content (AvgIpc) is 2.99. The Labute approximate surface area is 152 Å². The van der Waals surface area contributed by atoms with E-state index in [-0.39, 0.29) is 18.6 Å². The van der Waals surface area contributed by atoms with Crippen molar-refractivity contribution in [3.05, 3.63) is 24.2 Å². The number of hydrogen-bond acceptors (Lipinski definition) is 3. The summed E-state index contributed by atoms with van der Waals surface area (Å²) in [5.74, 6) is -2.28. The molecular formula is C14H16Cl3F3N2O2. The summed E-state index contributed by atoms with van der Waals surface area (Å²) in [6, 6.07) is 1.94. The lowest BCUT2D eigenvalue weighted by Crippen LogP contribution is -2.59. The number of nitrogens with one attached hydrogen (secondary N) is 2. The summed E-state index contributed by atoms with van der Waals surface area (Å²) < 4.78 is 42.4. The lowest BCUT2D eigenvalue weighted by Gasteiger charge is -2.38. The number of hydrogen-bond donors (Lipinski definition) is 2.